The van der Waals surface area contributed by atoms with Crippen LogP contribution in [-0.4, -0.2) is 58.1 Å². The molecule has 1 aromatic rings. The first kappa shape index (κ1) is 15.7. The van der Waals surface area contributed by atoms with Crippen molar-refractivity contribution in [1.82, 2.24) is 4.90 Å². The molecule has 0 spiro atoms. The molecule has 1 unspecified atom stereocenters. The molecule has 1 saturated heterocycles. The van der Waals surface area contributed by atoms with Crippen molar-refractivity contribution < 1.29 is 23.6 Å². The standard InChI is InChI=1S/C14H17NO5S/c16-13(15-5-7-20-8-6-15)10-21(19)9-11-1-3-12(4-2-11)14(17)18/h1-4H,5-10H2,(H,17,18). The molecule has 0 saturated carbocycles. The molecule has 1 aromatic carbocycles. The van der Waals surface area contributed by atoms with Crippen LogP contribution < -0.4 is 0 Å². The fourth-order valence-electron chi connectivity index (χ4n) is 2.02. The summed E-state index contributed by atoms with van der Waals surface area (Å²) in [5.41, 5.74) is 0.946. The second kappa shape index (κ2) is 7.33. The molecule has 1 aliphatic rings. The van der Waals surface area contributed by atoms with E-state index in [-0.39, 0.29) is 23.0 Å². The number of carbonyl (C=O) groups excluding carboxylic acids is 1. The fourth-order valence-corrected chi connectivity index (χ4v) is 3.15. The van der Waals surface area contributed by atoms with E-state index in [1.165, 1.54) is 12.1 Å². The minimum Gasteiger partial charge on any atom is -0.478 e. The Kier molecular flexibility index (Phi) is 5.46. The lowest BCUT2D eigenvalue weighted by atomic mass is 10.1. The predicted octanol–water partition coefficient (Wildman–Crippen LogP) is 0.492. The normalized spacial score (nSPS) is 16.5. The quantitative estimate of drug-likeness (QED) is 0.855. The smallest absolute Gasteiger partial charge is 0.335 e. The van der Waals surface area contributed by atoms with Crippen molar-refractivity contribution in [3.05, 3.63) is 35.4 Å². The monoisotopic (exact) mass is 311 g/mol. The fraction of sp³-hybridized carbons (Fsp3) is 0.429. The minimum atomic E-state index is -1.30. The highest BCUT2D eigenvalue weighted by atomic mass is 32.2. The summed E-state index contributed by atoms with van der Waals surface area (Å²) in [6.45, 7) is 2.14. The Morgan fingerprint density at radius 3 is 2.38 bits per heavy atom. The highest BCUT2D eigenvalue weighted by molar-refractivity contribution is 7.84. The number of carboxylic acids is 1. The van der Waals surface area contributed by atoms with Crippen molar-refractivity contribution in [2.75, 3.05) is 32.1 Å². The van der Waals surface area contributed by atoms with E-state index in [2.05, 4.69) is 0 Å². The van der Waals surface area contributed by atoms with Gasteiger partial charge in [0.2, 0.25) is 5.91 Å². The van der Waals surface area contributed by atoms with Gasteiger partial charge < -0.3 is 14.7 Å². The highest BCUT2D eigenvalue weighted by Crippen LogP contribution is 2.08. The van der Waals surface area contributed by atoms with Gasteiger partial charge in [-0.2, -0.15) is 0 Å². The molecule has 0 bridgehead atoms. The summed E-state index contributed by atoms with van der Waals surface area (Å²) in [5, 5.41) is 8.80. The van der Waals surface area contributed by atoms with Crippen molar-refractivity contribution in [2.24, 2.45) is 0 Å². The molecule has 0 radical (unpaired) electrons. The lowest BCUT2D eigenvalue weighted by Gasteiger charge is -2.26. The maximum atomic E-state index is 12.0. The van der Waals surface area contributed by atoms with E-state index in [1.54, 1.807) is 17.0 Å². The van der Waals surface area contributed by atoms with Crippen LogP contribution in [0.3, 0.4) is 0 Å². The highest BCUT2D eigenvalue weighted by Gasteiger charge is 2.19. The lowest BCUT2D eigenvalue weighted by Crippen LogP contribution is -2.42. The second-order valence-electron chi connectivity index (χ2n) is 4.72. The summed E-state index contributed by atoms with van der Waals surface area (Å²) >= 11 is 0. The molecule has 7 heteroatoms. The summed E-state index contributed by atoms with van der Waals surface area (Å²) in [7, 11) is -1.30. The number of carboxylic acid groups (broad SMARTS) is 1. The Morgan fingerprint density at radius 2 is 1.81 bits per heavy atom. The van der Waals surface area contributed by atoms with Crippen LogP contribution in [-0.2, 0) is 26.1 Å². The number of carbonyl (C=O) groups is 2. The van der Waals surface area contributed by atoms with E-state index in [1.807, 2.05) is 0 Å². The molecular formula is C14H17NO5S. The first-order valence-electron chi connectivity index (χ1n) is 6.59. The first-order chi connectivity index (χ1) is 10.1. The Morgan fingerprint density at radius 1 is 1.19 bits per heavy atom. The molecule has 1 aliphatic heterocycles. The van der Waals surface area contributed by atoms with Crippen LogP contribution in [0.4, 0.5) is 0 Å². The molecule has 6 nitrogen and oxygen atoms in total. The number of nitrogens with zero attached hydrogens (tertiary/aromatic N) is 1. The zero-order valence-electron chi connectivity index (χ0n) is 11.5. The third kappa shape index (κ3) is 4.64. The van der Waals surface area contributed by atoms with Crippen LogP contribution in [0.15, 0.2) is 24.3 Å². The predicted molar refractivity (Wildman–Crippen MR) is 77.5 cm³/mol. The summed E-state index contributed by atoms with van der Waals surface area (Å²) in [4.78, 5) is 24.3. The molecule has 2 rings (SSSR count). The molecule has 21 heavy (non-hydrogen) atoms. The molecule has 1 N–H and O–H groups in total. The number of amides is 1. The topological polar surface area (TPSA) is 83.9 Å². The van der Waals surface area contributed by atoms with Gasteiger partial charge >= 0.3 is 5.97 Å². The summed E-state index contributed by atoms with van der Waals surface area (Å²) < 4.78 is 17.2. The maximum Gasteiger partial charge on any atom is 0.335 e. The van der Waals surface area contributed by atoms with Gasteiger partial charge in [0.1, 0.15) is 5.75 Å². The van der Waals surface area contributed by atoms with E-state index in [9.17, 15) is 13.8 Å². The van der Waals surface area contributed by atoms with Crippen molar-refractivity contribution in [3.8, 4) is 0 Å². The average molecular weight is 311 g/mol. The summed E-state index contributed by atoms with van der Waals surface area (Å²) in [6.07, 6.45) is 0. The van der Waals surface area contributed by atoms with Gasteiger partial charge in [0, 0.05) is 29.6 Å². The third-order valence-corrected chi connectivity index (χ3v) is 4.40. The Labute approximate surface area is 125 Å². The van der Waals surface area contributed by atoms with Crippen LogP contribution in [0.1, 0.15) is 15.9 Å². The Balaban J connectivity index is 1.86. The van der Waals surface area contributed by atoms with E-state index < -0.39 is 16.8 Å². The molecule has 1 amide bonds. The van der Waals surface area contributed by atoms with Crippen LogP contribution in [0, 0.1) is 0 Å². The van der Waals surface area contributed by atoms with Crippen LogP contribution in [0.25, 0.3) is 0 Å². The van der Waals surface area contributed by atoms with E-state index in [4.69, 9.17) is 9.84 Å². The van der Waals surface area contributed by atoms with Crippen molar-refractivity contribution in [3.63, 3.8) is 0 Å². The van der Waals surface area contributed by atoms with Crippen LogP contribution >= 0.6 is 0 Å². The summed E-state index contributed by atoms with van der Waals surface area (Å²) in [6, 6.07) is 6.19. The van der Waals surface area contributed by atoms with Gasteiger partial charge in [-0.05, 0) is 17.7 Å². The Hall–Kier alpha value is -1.73. The largest absolute Gasteiger partial charge is 0.478 e. The van der Waals surface area contributed by atoms with Gasteiger partial charge in [-0.25, -0.2) is 4.79 Å². The first-order valence-corrected chi connectivity index (χ1v) is 8.08. The summed E-state index contributed by atoms with van der Waals surface area (Å²) in [5.74, 6) is -0.889. The number of aromatic carboxylic acids is 1. The van der Waals surface area contributed by atoms with E-state index in [0.717, 1.165) is 5.56 Å². The van der Waals surface area contributed by atoms with Crippen molar-refractivity contribution >= 4 is 22.7 Å². The van der Waals surface area contributed by atoms with Crippen molar-refractivity contribution in [2.45, 2.75) is 5.75 Å². The van der Waals surface area contributed by atoms with Gasteiger partial charge in [-0.3, -0.25) is 9.00 Å². The maximum absolute atomic E-state index is 12.0. The van der Waals surface area contributed by atoms with Crippen LogP contribution in [0.5, 0.6) is 0 Å². The number of ether oxygens (including phenoxy) is 1. The number of morpholine rings is 1. The van der Waals surface area contributed by atoms with E-state index >= 15 is 0 Å². The van der Waals surface area contributed by atoms with Gasteiger partial charge in [0.05, 0.1) is 18.8 Å². The molecule has 114 valence electrons. The van der Waals surface area contributed by atoms with Gasteiger partial charge in [-0.15, -0.1) is 0 Å². The SMILES string of the molecule is O=C(O)c1ccc(CS(=O)CC(=O)N2CCOCC2)cc1. The number of benzene rings is 1. The van der Waals surface area contributed by atoms with Gasteiger partial charge in [0.15, 0.2) is 0 Å². The molecule has 0 aromatic heterocycles. The molecular weight excluding hydrogens is 294 g/mol. The number of hydrogen-bond donors (Lipinski definition) is 1. The zero-order valence-corrected chi connectivity index (χ0v) is 12.3. The minimum absolute atomic E-state index is 0.0132. The second-order valence-corrected chi connectivity index (χ2v) is 6.18. The van der Waals surface area contributed by atoms with Gasteiger partial charge in [0.25, 0.3) is 0 Å². The number of rotatable bonds is 5. The molecule has 1 heterocycles. The van der Waals surface area contributed by atoms with Crippen LogP contribution in [0.2, 0.25) is 0 Å². The van der Waals surface area contributed by atoms with Crippen molar-refractivity contribution in [1.29, 1.82) is 0 Å². The lowest BCUT2D eigenvalue weighted by molar-refractivity contribution is -0.132. The molecule has 0 aliphatic carbocycles. The van der Waals surface area contributed by atoms with E-state index in [0.29, 0.717) is 26.3 Å². The van der Waals surface area contributed by atoms with Gasteiger partial charge in [-0.1, -0.05) is 12.1 Å². The third-order valence-electron chi connectivity index (χ3n) is 3.18. The number of hydrogen-bond acceptors (Lipinski definition) is 4. The molecule has 1 atom stereocenters. The average Bonchev–Trinajstić information content (AvgIpc) is 2.48. The zero-order chi connectivity index (χ0) is 15.2. The molecule has 1 fully saturated rings. The Bertz CT molecular complexity index is 537.